The number of anilines is 1. The maximum atomic E-state index is 13.5. The van der Waals surface area contributed by atoms with Gasteiger partial charge in [-0.25, -0.2) is 8.42 Å². The summed E-state index contributed by atoms with van der Waals surface area (Å²) in [6, 6.07) is 24.9. The van der Waals surface area contributed by atoms with Gasteiger partial charge in [-0.15, -0.1) is 0 Å². The smallest absolute Gasteiger partial charge is 0.264 e. The van der Waals surface area contributed by atoms with Gasteiger partial charge in [0.15, 0.2) is 0 Å². The fraction of sp³-hybridized carbons (Fsp3) is 0.321. The second-order valence-electron chi connectivity index (χ2n) is 9.17. The first-order chi connectivity index (χ1) is 16.6. The van der Waals surface area contributed by atoms with E-state index in [1.165, 1.54) is 17.7 Å². The molecule has 7 heteroatoms. The lowest BCUT2D eigenvalue weighted by atomic mass is 9.79. The molecule has 3 aromatic rings. The lowest BCUT2D eigenvalue weighted by molar-refractivity contribution is -0.120. The first-order valence-electron chi connectivity index (χ1n) is 11.8. The van der Waals surface area contributed by atoms with Crippen molar-refractivity contribution in [2.75, 3.05) is 17.5 Å². The van der Waals surface area contributed by atoms with Crippen LogP contribution in [-0.2, 0) is 20.2 Å². The molecule has 6 nitrogen and oxygen atoms in total. The van der Waals surface area contributed by atoms with Gasteiger partial charge in [0.2, 0.25) is 5.91 Å². The van der Waals surface area contributed by atoms with Crippen LogP contribution in [0.1, 0.15) is 39.7 Å². The van der Waals surface area contributed by atoms with E-state index in [1.54, 1.807) is 42.5 Å². The maximum absolute atomic E-state index is 13.5. The Kier molecular flexibility index (Phi) is 8.57. The fourth-order valence-corrected chi connectivity index (χ4v) is 5.61. The van der Waals surface area contributed by atoms with Crippen molar-refractivity contribution in [3.8, 4) is 5.75 Å². The molecule has 0 heterocycles. The van der Waals surface area contributed by atoms with Crippen molar-refractivity contribution in [2.45, 2.75) is 50.5 Å². The molecule has 35 heavy (non-hydrogen) atoms. The number of carbonyl (C=O) groups excluding carboxylic acids is 1. The van der Waals surface area contributed by atoms with Crippen molar-refractivity contribution >= 4 is 21.6 Å². The zero-order valence-corrected chi connectivity index (χ0v) is 21.6. The van der Waals surface area contributed by atoms with E-state index in [0.29, 0.717) is 24.5 Å². The zero-order valence-electron chi connectivity index (χ0n) is 20.8. The Hall–Kier alpha value is -3.32. The number of nitrogens with one attached hydrogen (secondary N) is 1. The van der Waals surface area contributed by atoms with Gasteiger partial charge >= 0.3 is 0 Å². The normalized spacial score (nSPS) is 12.6. The van der Waals surface area contributed by atoms with Crippen molar-refractivity contribution in [1.82, 2.24) is 5.32 Å². The molecule has 0 aliphatic carbocycles. The van der Waals surface area contributed by atoms with Gasteiger partial charge < -0.3 is 10.1 Å². The molecule has 1 atom stereocenters. The third kappa shape index (κ3) is 6.85. The van der Waals surface area contributed by atoms with Crippen molar-refractivity contribution in [3.63, 3.8) is 0 Å². The summed E-state index contributed by atoms with van der Waals surface area (Å²) in [5, 5.41) is 2.99. The van der Waals surface area contributed by atoms with Crippen LogP contribution in [0.2, 0.25) is 0 Å². The first kappa shape index (κ1) is 26.3. The Labute approximate surface area is 209 Å². The van der Waals surface area contributed by atoms with Gasteiger partial charge in [-0.3, -0.25) is 9.10 Å². The third-order valence-electron chi connectivity index (χ3n) is 5.83. The van der Waals surface area contributed by atoms with Crippen LogP contribution in [0.3, 0.4) is 0 Å². The summed E-state index contributed by atoms with van der Waals surface area (Å²) in [7, 11) is -3.98. The molecule has 0 aliphatic heterocycles. The molecule has 0 radical (unpaired) electrons. The number of carbonyl (C=O) groups is 1. The number of ether oxygens (including phenoxy) is 1. The number of amides is 1. The van der Waals surface area contributed by atoms with Crippen LogP contribution in [0, 0.1) is 0 Å². The van der Waals surface area contributed by atoms with Crippen LogP contribution in [0.15, 0.2) is 89.8 Å². The molecule has 3 rings (SSSR count). The standard InChI is InChI=1S/C28H34N2O4S/c1-5-34-25-16-18-26(19-17-25)35(32,33)30(24-14-10-7-11-15-24)21-27(31)29-22(2)20-28(3,4)23-12-8-6-9-13-23/h6-19,22H,5,20-21H2,1-4H3,(H,29,31). The van der Waals surface area contributed by atoms with Gasteiger partial charge in [0.25, 0.3) is 10.0 Å². The number of rotatable bonds is 11. The molecule has 0 aliphatic rings. The molecule has 0 saturated heterocycles. The summed E-state index contributed by atoms with van der Waals surface area (Å²) in [6.07, 6.45) is 0.708. The monoisotopic (exact) mass is 494 g/mol. The Morgan fingerprint density at radius 1 is 0.943 bits per heavy atom. The van der Waals surface area contributed by atoms with E-state index in [1.807, 2.05) is 32.0 Å². The maximum Gasteiger partial charge on any atom is 0.264 e. The summed E-state index contributed by atoms with van der Waals surface area (Å²) < 4.78 is 33.7. The molecule has 0 spiro atoms. The molecular weight excluding hydrogens is 460 g/mol. The van der Waals surface area contributed by atoms with Gasteiger partial charge in [-0.1, -0.05) is 62.4 Å². The van der Waals surface area contributed by atoms with Crippen LogP contribution in [0.4, 0.5) is 5.69 Å². The lowest BCUT2D eigenvalue weighted by Gasteiger charge is -2.30. The highest BCUT2D eigenvalue weighted by molar-refractivity contribution is 7.92. The van der Waals surface area contributed by atoms with Gasteiger partial charge in [0.05, 0.1) is 17.2 Å². The lowest BCUT2D eigenvalue weighted by Crippen LogP contribution is -2.45. The van der Waals surface area contributed by atoms with Crippen molar-refractivity contribution < 1.29 is 17.9 Å². The van der Waals surface area contributed by atoms with Gasteiger partial charge in [-0.05, 0) is 67.6 Å². The van der Waals surface area contributed by atoms with Crippen molar-refractivity contribution in [1.29, 1.82) is 0 Å². The van der Waals surface area contributed by atoms with E-state index in [0.717, 1.165) is 4.31 Å². The minimum atomic E-state index is -3.98. The Bertz CT molecular complexity index is 1190. The molecule has 0 fully saturated rings. The number of hydrogen-bond donors (Lipinski definition) is 1. The molecular formula is C28H34N2O4S. The van der Waals surface area contributed by atoms with Crippen LogP contribution >= 0.6 is 0 Å². The van der Waals surface area contributed by atoms with Crippen molar-refractivity contribution in [2.24, 2.45) is 0 Å². The topological polar surface area (TPSA) is 75.7 Å². The number of para-hydroxylation sites is 1. The molecule has 186 valence electrons. The predicted molar refractivity (Wildman–Crippen MR) is 140 cm³/mol. The van der Waals surface area contributed by atoms with Gasteiger partial charge in [-0.2, -0.15) is 0 Å². The molecule has 0 saturated carbocycles. The van der Waals surface area contributed by atoms with Crippen LogP contribution in [0.5, 0.6) is 5.75 Å². The summed E-state index contributed by atoms with van der Waals surface area (Å²) in [5.41, 5.74) is 1.46. The van der Waals surface area contributed by atoms with E-state index >= 15 is 0 Å². The van der Waals surface area contributed by atoms with Crippen LogP contribution in [0.25, 0.3) is 0 Å². The third-order valence-corrected chi connectivity index (χ3v) is 7.62. The van der Waals surface area contributed by atoms with Gasteiger partial charge in [0, 0.05) is 6.04 Å². The quantitative estimate of drug-likeness (QED) is 0.400. The zero-order chi connectivity index (χ0) is 25.5. The van der Waals surface area contributed by atoms with Crippen LogP contribution in [-0.4, -0.2) is 33.5 Å². The highest BCUT2D eigenvalue weighted by atomic mass is 32.2. The number of benzene rings is 3. The fourth-order valence-electron chi connectivity index (χ4n) is 4.19. The summed E-state index contributed by atoms with van der Waals surface area (Å²) in [4.78, 5) is 13.1. The Morgan fingerprint density at radius 2 is 1.51 bits per heavy atom. The first-order valence-corrected chi connectivity index (χ1v) is 13.2. The summed E-state index contributed by atoms with van der Waals surface area (Å²) >= 11 is 0. The van der Waals surface area contributed by atoms with E-state index in [4.69, 9.17) is 4.74 Å². The second-order valence-corrected chi connectivity index (χ2v) is 11.0. The highest BCUT2D eigenvalue weighted by Gasteiger charge is 2.29. The van der Waals surface area contributed by atoms with Gasteiger partial charge in [0.1, 0.15) is 12.3 Å². The average molecular weight is 495 g/mol. The van der Waals surface area contributed by atoms with E-state index in [2.05, 4.69) is 31.3 Å². The summed E-state index contributed by atoms with van der Waals surface area (Å²) in [5.74, 6) is 0.227. The molecule has 0 aromatic heterocycles. The second kappa shape index (κ2) is 11.4. The SMILES string of the molecule is CCOc1ccc(S(=O)(=O)N(CC(=O)NC(C)CC(C)(C)c2ccccc2)c2ccccc2)cc1. The van der Waals surface area contributed by atoms with E-state index in [9.17, 15) is 13.2 Å². The number of sulfonamides is 1. The largest absolute Gasteiger partial charge is 0.494 e. The Morgan fingerprint density at radius 3 is 2.09 bits per heavy atom. The molecule has 3 aromatic carbocycles. The molecule has 1 unspecified atom stereocenters. The van der Waals surface area contributed by atoms with E-state index < -0.39 is 10.0 Å². The average Bonchev–Trinajstić information content (AvgIpc) is 2.83. The Balaban J connectivity index is 1.77. The minimum Gasteiger partial charge on any atom is -0.494 e. The molecule has 1 N–H and O–H groups in total. The molecule has 0 bridgehead atoms. The molecule has 1 amide bonds. The van der Waals surface area contributed by atoms with E-state index in [-0.39, 0.29) is 28.8 Å². The number of nitrogens with zero attached hydrogens (tertiary/aromatic N) is 1. The highest BCUT2D eigenvalue weighted by Crippen LogP contribution is 2.28. The van der Waals surface area contributed by atoms with Crippen LogP contribution < -0.4 is 14.4 Å². The summed E-state index contributed by atoms with van der Waals surface area (Å²) in [6.45, 7) is 8.24. The number of hydrogen-bond acceptors (Lipinski definition) is 4. The van der Waals surface area contributed by atoms with Crippen molar-refractivity contribution in [3.05, 3.63) is 90.5 Å². The predicted octanol–water partition coefficient (Wildman–Crippen LogP) is 5.15. The minimum absolute atomic E-state index is 0.0934.